The van der Waals surface area contributed by atoms with E-state index in [0.29, 0.717) is 6.04 Å². The Morgan fingerprint density at radius 3 is 3.21 bits per heavy atom. The van der Waals surface area contributed by atoms with Crippen LogP contribution in [-0.4, -0.2) is 35.6 Å². The van der Waals surface area contributed by atoms with Gasteiger partial charge in [-0.1, -0.05) is 6.07 Å². The van der Waals surface area contributed by atoms with Crippen molar-refractivity contribution in [2.24, 2.45) is 0 Å². The van der Waals surface area contributed by atoms with Crippen LogP contribution in [0, 0.1) is 0 Å². The van der Waals surface area contributed by atoms with Gasteiger partial charge in [-0.15, -0.1) is 0 Å². The SMILES string of the molecule is C[C@@H]1CN(Cc2ccccn2)CCN1. The molecule has 0 spiro atoms. The highest BCUT2D eigenvalue weighted by atomic mass is 15.2. The van der Waals surface area contributed by atoms with E-state index < -0.39 is 0 Å². The van der Waals surface area contributed by atoms with E-state index >= 15 is 0 Å². The van der Waals surface area contributed by atoms with Crippen LogP contribution in [0.15, 0.2) is 24.4 Å². The predicted octanol–water partition coefficient (Wildman–Crippen LogP) is 0.875. The standard InChI is InChI=1S/C11H17N3/c1-10-8-14(7-6-12-10)9-11-4-2-3-5-13-11/h2-5,10,12H,6-9H2,1H3/t10-/m1/s1. The molecule has 1 atom stereocenters. The molecule has 0 radical (unpaired) electrons. The molecule has 14 heavy (non-hydrogen) atoms. The Balaban J connectivity index is 1.91. The summed E-state index contributed by atoms with van der Waals surface area (Å²) in [6.45, 7) is 6.54. The maximum absolute atomic E-state index is 4.34. The van der Waals surface area contributed by atoms with Crippen molar-refractivity contribution in [3.8, 4) is 0 Å². The van der Waals surface area contributed by atoms with Gasteiger partial charge < -0.3 is 5.32 Å². The lowest BCUT2D eigenvalue weighted by Gasteiger charge is -2.31. The van der Waals surface area contributed by atoms with Crippen LogP contribution < -0.4 is 5.32 Å². The molecule has 1 saturated heterocycles. The largest absolute Gasteiger partial charge is 0.312 e. The van der Waals surface area contributed by atoms with Crippen molar-refractivity contribution in [3.05, 3.63) is 30.1 Å². The third-order valence-corrected chi connectivity index (χ3v) is 2.56. The number of hydrogen-bond acceptors (Lipinski definition) is 3. The number of hydrogen-bond donors (Lipinski definition) is 1. The summed E-state index contributed by atoms with van der Waals surface area (Å²) in [7, 11) is 0. The molecular weight excluding hydrogens is 174 g/mol. The third kappa shape index (κ3) is 2.53. The minimum absolute atomic E-state index is 0.604. The molecule has 0 aromatic carbocycles. The molecule has 1 aromatic heterocycles. The summed E-state index contributed by atoms with van der Waals surface area (Å²) < 4.78 is 0. The van der Waals surface area contributed by atoms with Crippen LogP contribution >= 0.6 is 0 Å². The fourth-order valence-corrected chi connectivity index (χ4v) is 1.88. The zero-order chi connectivity index (χ0) is 9.80. The monoisotopic (exact) mass is 191 g/mol. The molecule has 0 saturated carbocycles. The van der Waals surface area contributed by atoms with Crippen LogP contribution in [0.2, 0.25) is 0 Å². The van der Waals surface area contributed by atoms with Gasteiger partial charge in [-0.25, -0.2) is 0 Å². The van der Waals surface area contributed by atoms with Crippen LogP contribution in [0.3, 0.4) is 0 Å². The number of pyridine rings is 1. The topological polar surface area (TPSA) is 28.2 Å². The van der Waals surface area contributed by atoms with E-state index in [9.17, 15) is 0 Å². The van der Waals surface area contributed by atoms with Gasteiger partial charge in [-0.05, 0) is 19.1 Å². The fraction of sp³-hybridized carbons (Fsp3) is 0.545. The molecule has 3 nitrogen and oxygen atoms in total. The summed E-state index contributed by atoms with van der Waals surface area (Å²) in [4.78, 5) is 6.78. The Kier molecular flexibility index (Phi) is 3.11. The van der Waals surface area contributed by atoms with E-state index in [1.807, 2.05) is 18.3 Å². The van der Waals surface area contributed by atoms with Crippen molar-refractivity contribution in [2.45, 2.75) is 19.5 Å². The molecule has 1 aliphatic rings. The van der Waals surface area contributed by atoms with Gasteiger partial charge in [0.05, 0.1) is 5.69 Å². The van der Waals surface area contributed by atoms with E-state index in [4.69, 9.17) is 0 Å². The minimum Gasteiger partial charge on any atom is -0.312 e. The van der Waals surface area contributed by atoms with Crippen LogP contribution in [0.1, 0.15) is 12.6 Å². The van der Waals surface area contributed by atoms with Crippen LogP contribution in [0.4, 0.5) is 0 Å². The van der Waals surface area contributed by atoms with Crippen LogP contribution in [-0.2, 0) is 6.54 Å². The highest BCUT2D eigenvalue weighted by Crippen LogP contribution is 2.04. The predicted molar refractivity (Wildman–Crippen MR) is 57.0 cm³/mol. The zero-order valence-corrected chi connectivity index (χ0v) is 8.61. The van der Waals surface area contributed by atoms with Crippen molar-refractivity contribution < 1.29 is 0 Å². The molecule has 76 valence electrons. The second kappa shape index (κ2) is 4.53. The maximum atomic E-state index is 4.34. The lowest BCUT2D eigenvalue weighted by molar-refractivity contribution is 0.197. The lowest BCUT2D eigenvalue weighted by atomic mass is 10.2. The van der Waals surface area contributed by atoms with Crippen molar-refractivity contribution >= 4 is 0 Å². The average molecular weight is 191 g/mol. The molecule has 1 aromatic rings. The number of aromatic nitrogens is 1. The van der Waals surface area contributed by atoms with Gasteiger partial charge in [0.15, 0.2) is 0 Å². The maximum Gasteiger partial charge on any atom is 0.0543 e. The van der Waals surface area contributed by atoms with Gasteiger partial charge >= 0.3 is 0 Å². The van der Waals surface area contributed by atoms with Crippen molar-refractivity contribution in [1.82, 2.24) is 15.2 Å². The molecule has 0 bridgehead atoms. The van der Waals surface area contributed by atoms with Gasteiger partial charge in [0.2, 0.25) is 0 Å². The Morgan fingerprint density at radius 1 is 1.57 bits per heavy atom. The molecular formula is C11H17N3. The smallest absolute Gasteiger partial charge is 0.0543 e. The van der Waals surface area contributed by atoms with E-state index in [1.54, 1.807) is 0 Å². The average Bonchev–Trinajstić information content (AvgIpc) is 2.19. The number of nitrogens with one attached hydrogen (secondary N) is 1. The molecule has 3 heteroatoms. The Hall–Kier alpha value is -0.930. The first-order valence-electron chi connectivity index (χ1n) is 5.20. The van der Waals surface area contributed by atoms with Crippen molar-refractivity contribution in [2.75, 3.05) is 19.6 Å². The summed E-state index contributed by atoms with van der Waals surface area (Å²) in [5.74, 6) is 0. The van der Waals surface area contributed by atoms with Gasteiger partial charge in [0, 0.05) is 38.4 Å². The Morgan fingerprint density at radius 2 is 2.50 bits per heavy atom. The third-order valence-electron chi connectivity index (χ3n) is 2.56. The van der Waals surface area contributed by atoms with E-state index in [2.05, 4.69) is 28.2 Å². The molecule has 0 unspecified atom stereocenters. The summed E-state index contributed by atoms with van der Waals surface area (Å²) >= 11 is 0. The highest BCUT2D eigenvalue weighted by molar-refractivity contribution is 5.03. The first kappa shape index (κ1) is 9.62. The van der Waals surface area contributed by atoms with Crippen molar-refractivity contribution in [3.63, 3.8) is 0 Å². The Labute approximate surface area is 85.1 Å². The normalized spacial score (nSPS) is 23.6. The summed E-state index contributed by atoms with van der Waals surface area (Å²) in [5, 5.41) is 3.44. The van der Waals surface area contributed by atoms with Crippen LogP contribution in [0.5, 0.6) is 0 Å². The minimum atomic E-state index is 0.604. The summed E-state index contributed by atoms with van der Waals surface area (Å²) in [5.41, 5.74) is 1.17. The summed E-state index contributed by atoms with van der Waals surface area (Å²) in [6, 6.07) is 6.71. The zero-order valence-electron chi connectivity index (χ0n) is 8.61. The first-order valence-corrected chi connectivity index (χ1v) is 5.20. The molecule has 1 N–H and O–H groups in total. The van der Waals surface area contributed by atoms with Crippen LogP contribution in [0.25, 0.3) is 0 Å². The second-order valence-corrected chi connectivity index (χ2v) is 3.91. The van der Waals surface area contributed by atoms with E-state index in [0.717, 1.165) is 26.2 Å². The number of nitrogens with zero attached hydrogens (tertiary/aromatic N) is 2. The number of rotatable bonds is 2. The van der Waals surface area contributed by atoms with E-state index in [1.165, 1.54) is 5.69 Å². The molecule has 1 aliphatic heterocycles. The quantitative estimate of drug-likeness (QED) is 0.752. The second-order valence-electron chi connectivity index (χ2n) is 3.91. The van der Waals surface area contributed by atoms with Gasteiger partial charge in [-0.2, -0.15) is 0 Å². The summed E-state index contributed by atoms with van der Waals surface area (Å²) in [6.07, 6.45) is 1.86. The van der Waals surface area contributed by atoms with E-state index in [-0.39, 0.29) is 0 Å². The van der Waals surface area contributed by atoms with Gasteiger partial charge in [0.1, 0.15) is 0 Å². The fourth-order valence-electron chi connectivity index (χ4n) is 1.88. The number of piperazine rings is 1. The first-order chi connectivity index (χ1) is 6.84. The molecule has 1 fully saturated rings. The highest BCUT2D eigenvalue weighted by Gasteiger charge is 2.15. The molecule has 2 heterocycles. The Bertz CT molecular complexity index is 273. The van der Waals surface area contributed by atoms with Gasteiger partial charge in [0.25, 0.3) is 0 Å². The van der Waals surface area contributed by atoms with Crippen molar-refractivity contribution in [1.29, 1.82) is 0 Å². The molecule has 0 amide bonds. The molecule has 0 aliphatic carbocycles. The van der Waals surface area contributed by atoms with Gasteiger partial charge in [-0.3, -0.25) is 9.88 Å². The molecule has 2 rings (SSSR count). The lowest BCUT2D eigenvalue weighted by Crippen LogP contribution is -2.48.